The minimum absolute atomic E-state index is 0.340. The molecule has 1 atom stereocenters. The highest BCUT2D eigenvalue weighted by Crippen LogP contribution is 2.30. The lowest BCUT2D eigenvalue weighted by Crippen LogP contribution is -2.35. The quantitative estimate of drug-likeness (QED) is 0.897. The molecule has 18 heavy (non-hydrogen) atoms. The second-order valence-corrected chi connectivity index (χ2v) is 5.69. The number of rotatable bonds is 4. The third-order valence-electron chi connectivity index (χ3n) is 3.66. The summed E-state index contributed by atoms with van der Waals surface area (Å²) in [5.41, 5.74) is 7.56. The number of halogens is 1. The summed E-state index contributed by atoms with van der Waals surface area (Å²) in [6.07, 6.45) is 5.18. The molecule has 0 spiro atoms. The maximum atomic E-state index is 8.89. The highest BCUT2D eigenvalue weighted by molar-refractivity contribution is 9.10. The first-order chi connectivity index (χ1) is 8.74. The first-order valence-corrected chi connectivity index (χ1v) is 7.20. The van der Waals surface area contributed by atoms with E-state index in [9.17, 15) is 0 Å². The molecule has 3 nitrogen and oxygen atoms in total. The Morgan fingerprint density at radius 3 is 2.72 bits per heavy atom. The lowest BCUT2D eigenvalue weighted by atomic mass is 9.98. The molecule has 1 fully saturated rings. The van der Waals surface area contributed by atoms with Gasteiger partial charge in [-0.3, -0.25) is 0 Å². The van der Waals surface area contributed by atoms with Gasteiger partial charge in [-0.1, -0.05) is 12.8 Å². The monoisotopic (exact) mass is 307 g/mol. The van der Waals surface area contributed by atoms with Crippen molar-refractivity contribution in [3.8, 4) is 6.07 Å². The van der Waals surface area contributed by atoms with Crippen molar-refractivity contribution in [1.29, 1.82) is 5.26 Å². The lowest BCUT2D eigenvalue weighted by Gasteiger charge is -2.24. The number of nitriles is 1. The zero-order valence-electron chi connectivity index (χ0n) is 10.3. The summed E-state index contributed by atoms with van der Waals surface area (Å²) < 4.78 is 0.831. The van der Waals surface area contributed by atoms with Crippen molar-refractivity contribution >= 4 is 21.6 Å². The van der Waals surface area contributed by atoms with Gasteiger partial charge in [-0.15, -0.1) is 0 Å². The molecule has 0 heterocycles. The van der Waals surface area contributed by atoms with Crippen LogP contribution in [-0.2, 0) is 0 Å². The van der Waals surface area contributed by atoms with E-state index in [1.807, 2.05) is 18.2 Å². The molecule has 0 aliphatic heterocycles. The molecular formula is C14H18BrN3. The van der Waals surface area contributed by atoms with Crippen LogP contribution in [0.15, 0.2) is 22.7 Å². The molecule has 0 aromatic heterocycles. The first kappa shape index (κ1) is 13.4. The highest BCUT2D eigenvalue weighted by atomic mass is 79.9. The first-order valence-electron chi connectivity index (χ1n) is 6.41. The molecule has 1 saturated carbocycles. The third-order valence-corrected chi connectivity index (χ3v) is 4.32. The Labute approximate surface area is 116 Å². The fraction of sp³-hybridized carbons (Fsp3) is 0.500. The Bertz CT molecular complexity index is 447. The SMILES string of the molecule is N#Cc1ccc(NC(CN)C2CCCC2)cc1Br. The largest absolute Gasteiger partial charge is 0.381 e. The van der Waals surface area contributed by atoms with E-state index in [4.69, 9.17) is 11.0 Å². The summed E-state index contributed by atoms with van der Waals surface area (Å²) in [6, 6.07) is 8.21. The minimum Gasteiger partial charge on any atom is -0.381 e. The van der Waals surface area contributed by atoms with Gasteiger partial charge < -0.3 is 11.1 Å². The lowest BCUT2D eigenvalue weighted by molar-refractivity contribution is 0.462. The molecule has 0 amide bonds. The Kier molecular flexibility index (Phi) is 4.62. The van der Waals surface area contributed by atoms with Crippen LogP contribution in [0.25, 0.3) is 0 Å². The number of nitrogens with zero attached hydrogens (tertiary/aromatic N) is 1. The molecule has 1 aliphatic carbocycles. The van der Waals surface area contributed by atoms with Crippen LogP contribution in [0.1, 0.15) is 31.2 Å². The number of benzene rings is 1. The van der Waals surface area contributed by atoms with Crippen molar-refractivity contribution in [2.45, 2.75) is 31.7 Å². The van der Waals surface area contributed by atoms with E-state index in [2.05, 4.69) is 27.3 Å². The van der Waals surface area contributed by atoms with E-state index >= 15 is 0 Å². The van der Waals surface area contributed by atoms with Gasteiger partial charge in [0.1, 0.15) is 6.07 Å². The van der Waals surface area contributed by atoms with Gasteiger partial charge in [0, 0.05) is 22.7 Å². The molecule has 96 valence electrons. The van der Waals surface area contributed by atoms with Crippen molar-refractivity contribution in [1.82, 2.24) is 0 Å². The number of anilines is 1. The maximum Gasteiger partial charge on any atom is 0.100 e. The fourth-order valence-electron chi connectivity index (χ4n) is 2.64. The van der Waals surface area contributed by atoms with Gasteiger partial charge in [-0.2, -0.15) is 5.26 Å². The summed E-state index contributed by atoms with van der Waals surface area (Å²) in [5.74, 6) is 0.685. The molecule has 3 N–H and O–H groups in total. The van der Waals surface area contributed by atoms with Crippen molar-refractivity contribution < 1.29 is 0 Å². The maximum absolute atomic E-state index is 8.89. The molecule has 1 aliphatic rings. The number of nitrogens with one attached hydrogen (secondary N) is 1. The molecular weight excluding hydrogens is 290 g/mol. The van der Waals surface area contributed by atoms with Gasteiger partial charge in [0.25, 0.3) is 0 Å². The summed E-state index contributed by atoms with van der Waals surface area (Å²) in [6.45, 7) is 0.655. The molecule has 0 bridgehead atoms. The fourth-order valence-corrected chi connectivity index (χ4v) is 3.11. The molecule has 2 rings (SSSR count). The van der Waals surface area contributed by atoms with Crippen LogP contribution in [0.3, 0.4) is 0 Å². The van der Waals surface area contributed by atoms with E-state index < -0.39 is 0 Å². The number of nitrogens with two attached hydrogens (primary N) is 1. The summed E-state index contributed by atoms with van der Waals surface area (Å²) >= 11 is 3.41. The molecule has 1 aromatic rings. The van der Waals surface area contributed by atoms with Crippen molar-refractivity contribution in [2.75, 3.05) is 11.9 Å². The molecule has 4 heteroatoms. The van der Waals surface area contributed by atoms with Gasteiger partial charge in [0.2, 0.25) is 0 Å². The Hall–Kier alpha value is -1.05. The van der Waals surface area contributed by atoms with E-state index in [1.165, 1.54) is 25.7 Å². The topological polar surface area (TPSA) is 61.8 Å². The molecule has 0 radical (unpaired) electrons. The smallest absolute Gasteiger partial charge is 0.100 e. The van der Waals surface area contributed by atoms with Crippen LogP contribution in [0, 0.1) is 17.2 Å². The Morgan fingerprint density at radius 2 is 2.17 bits per heavy atom. The van der Waals surface area contributed by atoms with Gasteiger partial charge in [-0.25, -0.2) is 0 Å². The van der Waals surface area contributed by atoms with E-state index in [1.54, 1.807) is 0 Å². The average Bonchev–Trinajstić information content (AvgIpc) is 2.90. The van der Waals surface area contributed by atoms with Crippen LogP contribution in [0.5, 0.6) is 0 Å². The predicted molar refractivity (Wildman–Crippen MR) is 77.3 cm³/mol. The second-order valence-electron chi connectivity index (χ2n) is 4.84. The highest BCUT2D eigenvalue weighted by Gasteiger charge is 2.23. The van der Waals surface area contributed by atoms with Crippen LogP contribution in [0.4, 0.5) is 5.69 Å². The average molecular weight is 308 g/mol. The number of hydrogen-bond acceptors (Lipinski definition) is 3. The second kappa shape index (κ2) is 6.21. The van der Waals surface area contributed by atoms with Gasteiger partial charge >= 0.3 is 0 Å². The summed E-state index contributed by atoms with van der Waals surface area (Å²) in [5, 5.41) is 12.4. The zero-order chi connectivity index (χ0) is 13.0. The van der Waals surface area contributed by atoms with E-state index in [0.717, 1.165) is 10.2 Å². The molecule has 1 unspecified atom stereocenters. The van der Waals surface area contributed by atoms with Crippen LogP contribution >= 0.6 is 15.9 Å². The van der Waals surface area contributed by atoms with Crippen molar-refractivity contribution in [3.05, 3.63) is 28.2 Å². The van der Waals surface area contributed by atoms with Crippen LogP contribution < -0.4 is 11.1 Å². The Morgan fingerprint density at radius 1 is 1.44 bits per heavy atom. The standard InChI is InChI=1S/C14H18BrN3/c15-13-7-12(6-5-11(13)8-16)18-14(9-17)10-3-1-2-4-10/h5-7,10,14,18H,1-4,9,17H2. The predicted octanol–water partition coefficient (Wildman–Crippen LogP) is 3.25. The van der Waals surface area contributed by atoms with Crippen molar-refractivity contribution in [3.63, 3.8) is 0 Å². The molecule has 1 aromatic carbocycles. The van der Waals surface area contributed by atoms with E-state index in [-0.39, 0.29) is 0 Å². The van der Waals surface area contributed by atoms with Gasteiger partial charge in [0.15, 0.2) is 0 Å². The van der Waals surface area contributed by atoms with Gasteiger partial charge in [0.05, 0.1) is 5.56 Å². The number of hydrogen-bond donors (Lipinski definition) is 2. The Balaban J connectivity index is 2.07. The normalized spacial score (nSPS) is 17.4. The van der Waals surface area contributed by atoms with Gasteiger partial charge in [-0.05, 0) is 52.9 Å². The summed E-state index contributed by atoms with van der Waals surface area (Å²) in [7, 11) is 0. The van der Waals surface area contributed by atoms with Crippen LogP contribution in [0.2, 0.25) is 0 Å². The summed E-state index contributed by atoms with van der Waals surface area (Å²) in [4.78, 5) is 0. The zero-order valence-corrected chi connectivity index (χ0v) is 11.9. The van der Waals surface area contributed by atoms with Crippen LogP contribution in [-0.4, -0.2) is 12.6 Å². The van der Waals surface area contributed by atoms with E-state index in [0.29, 0.717) is 24.1 Å². The molecule has 0 saturated heterocycles. The third kappa shape index (κ3) is 3.04. The van der Waals surface area contributed by atoms with Crippen molar-refractivity contribution in [2.24, 2.45) is 11.7 Å². The minimum atomic E-state index is 0.340.